The molecule has 0 heterocycles. The summed E-state index contributed by atoms with van der Waals surface area (Å²) in [6.07, 6.45) is 0.419. The van der Waals surface area contributed by atoms with Crippen LogP contribution in [0.5, 0.6) is 0 Å². The molecule has 8 heteroatoms. The predicted octanol–water partition coefficient (Wildman–Crippen LogP) is 2.66. The van der Waals surface area contributed by atoms with Crippen LogP contribution in [0.25, 0.3) is 0 Å². The molecule has 3 nitrogen and oxygen atoms in total. The first-order chi connectivity index (χ1) is 9.74. The number of halogens is 5. The summed E-state index contributed by atoms with van der Waals surface area (Å²) in [5, 5.41) is 11.4. The minimum absolute atomic E-state index is 0.209. The van der Waals surface area contributed by atoms with Crippen LogP contribution in [-0.2, 0) is 0 Å². The Hall–Kier alpha value is -1.70. The smallest absolute Gasteiger partial charge is 0.257 e. The Balaban J connectivity index is 3.32. The van der Waals surface area contributed by atoms with E-state index in [0.717, 1.165) is 0 Å². The Morgan fingerprint density at radius 1 is 0.952 bits per heavy atom. The van der Waals surface area contributed by atoms with E-state index in [4.69, 9.17) is 0 Å². The number of hydrogen-bond acceptors (Lipinski definition) is 2. The lowest BCUT2D eigenvalue weighted by molar-refractivity contribution is 0.0806. The van der Waals surface area contributed by atoms with Gasteiger partial charge in [0.25, 0.3) is 5.91 Å². The van der Waals surface area contributed by atoms with Gasteiger partial charge in [0.1, 0.15) is 5.56 Å². The van der Waals surface area contributed by atoms with Crippen molar-refractivity contribution in [2.24, 2.45) is 0 Å². The van der Waals surface area contributed by atoms with Crippen LogP contribution in [0.4, 0.5) is 22.0 Å². The van der Waals surface area contributed by atoms with Crippen molar-refractivity contribution in [3.63, 3.8) is 0 Å². The largest absolute Gasteiger partial charge is 0.394 e. The number of carbonyl (C=O) groups is 1. The molecule has 0 aliphatic carbocycles. The van der Waals surface area contributed by atoms with Crippen molar-refractivity contribution in [2.75, 3.05) is 6.61 Å². The van der Waals surface area contributed by atoms with Crippen LogP contribution in [0.1, 0.15) is 37.0 Å². The molecule has 21 heavy (non-hydrogen) atoms. The number of amides is 1. The lowest BCUT2D eigenvalue weighted by atomic mass is 9.93. The molecule has 0 aliphatic rings. The monoisotopic (exact) mass is 311 g/mol. The van der Waals surface area contributed by atoms with Gasteiger partial charge in [-0.05, 0) is 12.8 Å². The molecule has 1 aromatic carbocycles. The van der Waals surface area contributed by atoms with Gasteiger partial charge in [0.15, 0.2) is 23.3 Å². The highest BCUT2D eigenvalue weighted by atomic mass is 19.2. The molecule has 1 rings (SSSR count). The topological polar surface area (TPSA) is 49.3 Å². The molecule has 0 radical (unpaired) electrons. The molecule has 0 aliphatic heterocycles. The van der Waals surface area contributed by atoms with E-state index < -0.39 is 52.7 Å². The zero-order valence-corrected chi connectivity index (χ0v) is 11.4. The predicted molar refractivity (Wildman–Crippen MR) is 64.1 cm³/mol. The van der Waals surface area contributed by atoms with E-state index in [2.05, 4.69) is 5.32 Å². The molecule has 1 aromatic rings. The number of hydrogen-bond donors (Lipinski definition) is 2. The fourth-order valence-corrected chi connectivity index (χ4v) is 1.80. The molecule has 2 N–H and O–H groups in total. The summed E-state index contributed by atoms with van der Waals surface area (Å²) in [7, 11) is 0. The Morgan fingerprint density at radius 2 is 1.33 bits per heavy atom. The fraction of sp³-hybridized carbons (Fsp3) is 0.462. The fourth-order valence-electron chi connectivity index (χ4n) is 1.80. The van der Waals surface area contributed by atoms with Gasteiger partial charge in [0, 0.05) is 0 Å². The number of benzene rings is 1. The molecular formula is C13H14F5NO2. The van der Waals surface area contributed by atoms with Gasteiger partial charge in [-0.2, -0.15) is 0 Å². The number of carbonyl (C=O) groups excluding carboxylic acids is 1. The molecule has 1 amide bonds. The highest BCUT2D eigenvalue weighted by Gasteiger charge is 2.34. The number of aliphatic hydroxyl groups excluding tert-OH is 1. The molecule has 0 bridgehead atoms. The highest BCUT2D eigenvalue weighted by molar-refractivity contribution is 5.95. The van der Waals surface area contributed by atoms with Gasteiger partial charge in [-0.15, -0.1) is 0 Å². The second-order valence-corrected chi connectivity index (χ2v) is 4.54. The zero-order chi connectivity index (χ0) is 16.4. The Morgan fingerprint density at radius 3 is 1.67 bits per heavy atom. The van der Waals surface area contributed by atoms with E-state index in [1.807, 2.05) is 0 Å². The van der Waals surface area contributed by atoms with E-state index in [-0.39, 0.29) is 12.8 Å². The van der Waals surface area contributed by atoms with Gasteiger partial charge in [-0.3, -0.25) is 4.79 Å². The first-order valence-electron chi connectivity index (χ1n) is 6.19. The molecular weight excluding hydrogens is 297 g/mol. The number of rotatable bonds is 5. The minimum Gasteiger partial charge on any atom is -0.394 e. The average molecular weight is 311 g/mol. The lowest BCUT2D eigenvalue weighted by Gasteiger charge is -2.30. The zero-order valence-electron chi connectivity index (χ0n) is 11.4. The lowest BCUT2D eigenvalue weighted by Crippen LogP contribution is -2.51. The molecule has 0 spiro atoms. The maximum atomic E-state index is 13.5. The Bertz CT molecular complexity index is 521. The molecule has 0 saturated carbocycles. The summed E-state index contributed by atoms with van der Waals surface area (Å²) >= 11 is 0. The Labute approximate surface area is 117 Å². The van der Waals surface area contributed by atoms with E-state index in [1.165, 1.54) is 0 Å². The quantitative estimate of drug-likeness (QED) is 0.499. The van der Waals surface area contributed by atoms with Crippen molar-refractivity contribution in [1.29, 1.82) is 0 Å². The Kier molecular flexibility index (Phi) is 5.27. The van der Waals surface area contributed by atoms with Gasteiger partial charge >= 0.3 is 0 Å². The SMILES string of the molecule is CCC(CC)(CO)NC(=O)c1c(F)c(F)c(F)c(F)c1F. The van der Waals surface area contributed by atoms with Crippen LogP contribution in [0.2, 0.25) is 0 Å². The van der Waals surface area contributed by atoms with Crippen molar-refractivity contribution in [1.82, 2.24) is 5.32 Å². The third-order valence-corrected chi connectivity index (χ3v) is 3.47. The van der Waals surface area contributed by atoms with Crippen LogP contribution in [0.15, 0.2) is 0 Å². The van der Waals surface area contributed by atoms with Crippen LogP contribution in [0, 0.1) is 29.1 Å². The third-order valence-electron chi connectivity index (χ3n) is 3.47. The van der Waals surface area contributed by atoms with Gasteiger partial charge in [-0.25, -0.2) is 22.0 Å². The van der Waals surface area contributed by atoms with Gasteiger partial charge < -0.3 is 10.4 Å². The van der Waals surface area contributed by atoms with Crippen molar-refractivity contribution in [3.8, 4) is 0 Å². The molecule has 0 saturated heterocycles. The first-order valence-corrected chi connectivity index (χ1v) is 6.19. The molecule has 0 atom stereocenters. The summed E-state index contributed by atoms with van der Waals surface area (Å²) in [4.78, 5) is 11.8. The molecule has 0 fully saturated rings. The summed E-state index contributed by atoms with van der Waals surface area (Å²) in [5.74, 6) is -12.6. The van der Waals surface area contributed by atoms with Gasteiger partial charge in [0.05, 0.1) is 12.1 Å². The molecule has 0 unspecified atom stereocenters. The number of aliphatic hydroxyl groups is 1. The molecule has 0 aromatic heterocycles. The third kappa shape index (κ3) is 2.99. The summed E-state index contributed by atoms with van der Waals surface area (Å²) in [5.41, 5.74) is -2.76. The second kappa shape index (κ2) is 6.38. The van der Waals surface area contributed by atoms with Crippen molar-refractivity contribution in [2.45, 2.75) is 32.2 Å². The normalized spacial score (nSPS) is 11.6. The van der Waals surface area contributed by atoms with Gasteiger partial charge in [-0.1, -0.05) is 13.8 Å². The van der Waals surface area contributed by atoms with Crippen molar-refractivity contribution >= 4 is 5.91 Å². The standard InChI is InChI=1S/C13H14F5NO2/c1-3-13(4-2,5-20)19-12(21)6-7(14)9(16)11(18)10(17)8(6)15/h20H,3-5H2,1-2H3,(H,19,21). The van der Waals surface area contributed by atoms with E-state index in [1.54, 1.807) is 13.8 Å². The summed E-state index contributed by atoms with van der Waals surface area (Å²) < 4.78 is 66.0. The highest BCUT2D eigenvalue weighted by Crippen LogP contribution is 2.24. The van der Waals surface area contributed by atoms with Crippen LogP contribution < -0.4 is 5.32 Å². The van der Waals surface area contributed by atoms with Crippen LogP contribution in [0.3, 0.4) is 0 Å². The van der Waals surface area contributed by atoms with E-state index in [0.29, 0.717) is 0 Å². The van der Waals surface area contributed by atoms with Crippen LogP contribution in [-0.4, -0.2) is 23.2 Å². The van der Waals surface area contributed by atoms with Crippen LogP contribution >= 0.6 is 0 Å². The minimum atomic E-state index is -2.33. The maximum absolute atomic E-state index is 13.5. The second-order valence-electron chi connectivity index (χ2n) is 4.54. The van der Waals surface area contributed by atoms with Crippen molar-refractivity contribution in [3.05, 3.63) is 34.6 Å². The molecule has 118 valence electrons. The van der Waals surface area contributed by atoms with Gasteiger partial charge in [0.2, 0.25) is 5.82 Å². The number of nitrogens with one attached hydrogen (secondary N) is 1. The van der Waals surface area contributed by atoms with E-state index >= 15 is 0 Å². The van der Waals surface area contributed by atoms with E-state index in [9.17, 15) is 31.9 Å². The first kappa shape index (κ1) is 17.4. The average Bonchev–Trinajstić information content (AvgIpc) is 2.49. The van der Waals surface area contributed by atoms with Crippen molar-refractivity contribution < 1.29 is 31.9 Å². The maximum Gasteiger partial charge on any atom is 0.257 e. The summed E-state index contributed by atoms with van der Waals surface area (Å²) in [6.45, 7) is 2.65. The summed E-state index contributed by atoms with van der Waals surface area (Å²) in [6, 6.07) is 0.